The first-order valence-electron chi connectivity index (χ1n) is 11.1. The van der Waals surface area contributed by atoms with Gasteiger partial charge in [-0.15, -0.1) is 0 Å². The summed E-state index contributed by atoms with van der Waals surface area (Å²) in [5.41, 5.74) is 1.13. The average molecular weight is 416 g/mol. The van der Waals surface area contributed by atoms with Gasteiger partial charge in [-0.1, -0.05) is 0 Å². The van der Waals surface area contributed by atoms with Crippen molar-refractivity contribution in [2.75, 3.05) is 43.2 Å². The Bertz CT molecular complexity index is 800. The Balaban J connectivity index is 1.65. The van der Waals surface area contributed by atoms with Crippen LogP contribution in [0.1, 0.15) is 46.0 Å². The van der Waals surface area contributed by atoms with Crippen LogP contribution >= 0.6 is 0 Å². The standard InChI is InChI=1S/C23H33N3O4/c1-23(2)15-25(21(27)10-12-29-3)19-13-18(8-9-20(19)30-23)26(17-6-7-17)22(28)16-5-4-11-24-14-16/h8-9,13,16-17,24H,4-7,10-12,14-15H2,1-3H3/t16-/m1/s1. The van der Waals surface area contributed by atoms with E-state index in [1.807, 2.05) is 36.9 Å². The van der Waals surface area contributed by atoms with Gasteiger partial charge in [0.05, 0.1) is 31.2 Å². The van der Waals surface area contributed by atoms with Crippen molar-refractivity contribution >= 4 is 23.2 Å². The topological polar surface area (TPSA) is 71.1 Å². The molecular formula is C23H33N3O4. The normalized spacial score (nSPS) is 22.8. The lowest BCUT2D eigenvalue weighted by molar-refractivity contribution is -0.123. The van der Waals surface area contributed by atoms with Crippen LogP contribution in [0.3, 0.4) is 0 Å². The molecule has 1 N–H and O–H groups in total. The maximum absolute atomic E-state index is 13.4. The predicted molar refractivity (Wildman–Crippen MR) is 116 cm³/mol. The summed E-state index contributed by atoms with van der Waals surface area (Å²) in [7, 11) is 1.60. The number of nitrogens with zero attached hydrogens (tertiary/aromatic N) is 2. The molecule has 0 radical (unpaired) electrons. The summed E-state index contributed by atoms with van der Waals surface area (Å²) in [6.07, 6.45) is 4.34. The minimum Gasteiger partial charge on any atom is -0.484 e. The van der Waals surface area contributed by atoms with Gasteiger partial charge in [0.2, 0.25) is 11.8 Å². The number of piperidine rings is 1. The van der Waals surface area contributed by atoms with Gasteiger partial charge < -0.3 is 24.6 Å². The van der Waals surface area contributed by atoms with Crippen molar-refractivity contribution in [3.05, 3.63) is 18.2 Å². The molecular weight excluding hydrogens is 382 g/mol. The third-order valence-corrected chi connectivity index (χ3v) is 6.05. The number of anilines is 2. The number of rotatable bonds is 6. The molecule has 7 nitrogen and oxygen atoms in total. The van der Waals surface area contributed by atoms with E-state index in [9.17, 15) is 9.59 Å². The van der Waals surface area contributed by atoms with Crippen LogP contribution in [0, 0.1) is 5.92 Å². The van der Waals surface area contributed by atoms with E-state index in [0.717, 1.165) is 50.1 Å². The van der Waals surface area contributed by atoms with Gasteiger partial charge in [-0.3, -0.25) is 9.59 Å². The number of benzene rings is 1. The summed E-state index contributed by atoms with van der Waals surface area (Å²) >= 11 is 0. The highest BCUT2D eigenvalue weighted by Gasteiger charge is 2.39. The van der Waals surface area contributed by atoms with Crippen LogP contribution in [0.2, 0.25) is 0 Å². The summed E-state index contributed by atoms with van der Waals surface area (Å²) in [5.74, 6) is 0.902. The molecule has 164 valence electrons. The molecule has 0 spiro atoms. The monoisotopic (exact) mass is 415 g/mol. The summed E-state index contributed by atoms with van der Waals surface area (Å²) < 4.78 is 11.3. The maximum atomic E-state index is 13.4. The number of carbonyl (C=O) groups excluding carboxylic acids is 2. The van der Waals surface area contributed by atoms with Crippen LogP contribution in [0.25, 0.3) is 0 Å². The van der Waals surface area contributed by atoms with Gasteiger partial charge in [-0.25, -0.2) is 0 Å². The van der Waals surface area contributed by atoms with Crippen molar-refractivity contribution in [3.63, 3.8) is 0 Å². The lowest BCUT2D eigenvalue weighted by atomic mass is 9.97. The second-order valence-corrected chi connectivity index (χ2v) is 9.22. The highest BCUT2D eigenvalue weighted by Crippen LogP contribution is 2.42. The van der Waals surface area contributed by atoms with Crippen LogP contribution in [-0.2, 0) is 14.3 Å². The predicted octanol–water partition coefficient (Wildman–Crippen LogP) is 2.72. The molecule has 1 saturated carbocycles. The minimum atomic E-state index is -0.475. The Morgan fingerprint density at radius 3 is 2.77 bits per heavy atom. The molecule has 0 aromatic heterocycles. The molecule has 7 heteroatoms. The van der Waals surface area contributed by atoms with Gasteiger partial charge in [0.15, 0.2) is 0 Å². The third kappa shape index (κ3) is 4.47. The quantitative estimate of drug-likeness (QED) is 0.774. The number of hydrogen-bond acceptors (Lipinski definition) is 5. The first-order chi connectivity index (χ1) is 14.4. The third-order valence-electron chi connectivity index (χ3n) is 6.05. The van der Waals surface area contributed by atoms with Crippen LogP contribution in [0.4, 0.5) is 11.4 Å². The van der Waals surface area contributed by atoms with Crippen molar-refractivity contribution in [1.29, 1.82) is 0 Å². The molecule has 30 heavy (non-hydrogen) atoms. The van der Waals surface area contributed by atoms with E-state index < -0.39 is 5.60 Å². The number of hydrogen-bond donors (Lipinski definition) is 1. The molecule has 2 heterocycles. The number of ether oxygens (including phenoxy) is 2. The van der Waals surface area contributed by atoms with Crippen molar-refractivity contribution in [3.8, 4) is 5.75 Å². The Hall–Kier alpha value is -2.12. The molecule has 1 aromatic carbocycles. The van der Waals surface area contributed by atoms with E-state index in [-0.39, 0.29) is 23.8 Å². The summed E-state index contributed by atoms with van der Waals surface area (Å²) in [5, 5.41) is 3.35. The zero-order valence-corrected chi connectivity index (χ0v) is 18.3. The molecule has 1 aromatic rings. The highest BCUT2D eigenvalue weighted by atomic mass is 16.5. The summed E-state index contributed by atoms with van der Waals surface area (Å²) in [6, 6.07) is 6.09. The Kier molecular flexibility index (Phi) is 6.02. The molecule has 2 amide bonds. The lowest BCUT2D eigenvalue weighted by Gasteiger charge is -2.40. The lowest BCUT2D eigenvalue weighted by Crippen LogP contribution is -2.49. The fourth-order valence-corrected chi connectivity index (χ4v) is 4.41. The summed E-state index contributed by atoms with van der Waals surface area (Å²) in [4.78, 5) is 30.0. The second kappa shape index (κ2) is 8.55. The van der Waals surface area contributed by atoms with Crippen LogP contribution < -0.4 is 19.9 Å². The highest BCUT2D eigenvalue weighted by molar-refractivity contribution is 6.00. The first-order valence-corrected chi connectivity index (χ1v) is 11.1. The zero-order chi connectivity index (χ0) is 21.3. The van der Waals surface area contributed by atoms with E-state index in [1.165, 1.54) is 0 Å². The molecule has 2 aliphatic heterocycles. The molecule has 1 saturated heterocycles. The zero-order valence-electron chi connectivity index (χ0n) is 18.3. The number of amides is 2. The van der Waals surface area contributed by atoms with Crippen molar-refractivity contribution < 1.29 is 19.1 Å². The SMILES string of the molecule is COCCC(=O)N1CC(C)(C)Oc2ccc(N(C(=O)[C@@H]3CCCNC3)C3CC3)cc21. The number of fused-ring (bicyclic) bond motifs is 1. The fourth-order valence-electron chi connectivity index (χ4n) is 4.41. The molecule has 1 aliphatic carbocycles. The Labute approximate surface area is 178 Å². The van der Waals surface area contributed by atoms with Crippen LogP contribution in [0.15, 0.2) is 18.2 Å². The average Bonchev–Trinajstić information content (AvgIpc) is 3.57. The smallest absolute Gasteiger partial charge is 0.231 e. The molecule has 2 fully saturated rings. The van der Waals surface area contributed by atoms with E-state index >= 15 is 0 Å². The molecule has 4 rings (SSSR count). The van der Waals surface area contributed by atoms with Crippen molar-refractivity contribution in [2.24, 2.45) is 5.92 Å². The van der Waals surface area contributed by atoms with E-state index in [2.05, 4.69) is 5.32 Å². The summed E-state index contributed by atoms with van der Waals surface area (Å²) in [6.45, 7) is 6.54. The number of nitrogens with one attached hydrogen (secondary N) is 1. The Morgan fingerprint density at radius 1 is 1.30 bits per heavy atom. The second-order valence-electron chi connectivity index (χ2n) is 9.22. The van der Waals surface area contributed by atoms with Gasteiger partial charge in [-0.2, -0.15) is 0 Å². The molecule has 3 aliphatic rings. The van der Waals surface area contributed by atoms with E-state index in [1.54, 1.807) is 12.0 Å². The maximum Gasteiger partial charge on any atom is 0.231 e. The van der Waals surface area contributed by atoms with Crippen molar-refractivity contribution in [2.45, 2.75) is 57.6 Å². The number of carbonyl (C=O) groups is 2. The van der Waals surface area contributed by atoms with E-state index in [0.29, 0.717) is 25.3 Å². The van der Waals surface area contributed by atoms with Crippen LogP contribution in [0.5, 0.6) is 5.75 Å². The number of methoxy groups -OCH3 is 1. The molecule has 0 unspecified atom stereocenters. The van der Waals surface area contributed by atoms with Gasteiger partial charge in [0.25, 0.3) is 0 Å². The minimum absolute atomic E-state index is 0.00686. The largest absolute Gasteiger partial charge is 0.484 e. The first kappa shape index (κ1) is 21.1. The van der Waals surface area contributed by atoms with Gasteiger partial charge in [-0.05, 0) is 64.3 Å². The molecule has 0 bridgehead atoms. The van der Waals surface area contributed by atoms with E-state index in [4.69, 9.17) is 9.47 Å². The van der Waals surface area contributed by atoms with Crippen LogP contribution in [-0.4, -0.2) is 56.8 Å². The Morgan fingerprint density at radius 2 is 2.10 bits per heavy atom. The van der Waals surface area contributed by atoms with Gasteiger partial charge in [0.1, 0.15) is 11.4 Å². The fraction of sp³-hybridized carbons (Fsp3) is 0.652. The molecule has 1 atom stereocenters. The van der Waals surface area contributed by atoms with Crippen molar-refractivity contribution in [1.82, 2.24) is 5.32 Å². The van der Waals surface area contributed by atoms with Gasteiger partial charge in [0, 0.05) is 25.4 Å². The van der Waals surface area contributed by atoms with Gasteiger partial charge >= 0.3 is 0 Å².